The number of ether oxygens (including phenoxy) is 2. The standard InChI is InChI=1S/C25H20BrCl2NO4/c1-15-10-22(27)24(23(28)11-15)33-9-8-32-19-5-2-16(3-6-19)12-18(14-29)17-4-7-21(26)20(13-17)25(30)31/h2-7,10-11,13,18H,8-9,12H2,1H3,(H,30,31). The van der Waals surface area contributed by atoms with E-state index in [-0.39, 0.29) is 12.2 Å². The van der Waals surface area contributed by atoms with Crippen molar-refractivity contribution in [3.05, 3.63) is 91.4 Å². The Morgan fingerprint density at radius 2 is 1.70 bits per heavy atom. The Bertz CT molecular complexity index is 1170. The molecule has 3 aromatic rings. The van der Waals surface area contributed by atoms with Gasteiger partial charge in [0.2, 0.25) is 0 Å². The van der Waals surface area contributed by atoms with Gasteiger partial charge < -0.3 is 14.6 Å². The van der Waals surface area contributed by atoms with Gasteiger partial charge in [0.05, 0.1) is 27.6 Å². The van der Waals surface area contributed by atoms with Crippen molar-refractivity contribution in [1.29, 1.82) is 5.26 Å². The van der Waals surface area contributed by atoms with Gasteiger partial charge in [-0.1, -0.05) is 41.4 Å². The largest absolute Gasteiger partial charge is 0.490 e. The maximum atomic E-state index is 11.4. The number of nitrogens with zero attached hydrogens (tertiary/aromatic N) is 1. The Hall–Kier alpha value is -2.72. The van der Waals surface area contributed by atoms with Gasteiger partial charge in [0.15, 0.2) is 5.75 Å². The molecule has 0 saturated heterocycles. The van der Waals surface area contributed by atoms with E-state index in [9.17, 15) is 15.2 Å². The summed E-state index contributed by atoms with van der Waals surface area (Å²) in [7, 11) is 0. The Morgan fingerprint density at radius 3 is 2.30 bits per heavy atom. The number of halogens is 3. The molecule has 1 unspecified atom stereocenters. The van der Waals surface area contributed by atoms with E-state index in [2.05, 4.69) is 22.0 Å². The number of carboxylic acid groups (broad SMARTS) is 1. The van der Waals surface area contributed by atoms with Crippen LogP contribution < -0.4 is 9.47 Å². The molecule has 8 heteroatoms. The molecule has 1 N–H and O–H groups in total. The van der Waals surface area contributed by atoms with Crippen molar-refractivity contribution in [2.75, 3.05) is 13.2 Å². The van der Waals surface area contributed by atoms with Gasteiger partial charge in [0.1, 0.15) is 19.0 Å². The first kappa shape index (κ1) is 24.9. The molecule has 0 aliphatic rings. The zero-order valence-electron chi connectivity index (χ0n) is 17.6. The predicted molar refractivity (Wildman–Crippen MR) is 132 cm³/mol. The van der Waals surface area contributed by atoms with Crippen molar-refractivity contribution >= 4 is 45.1 Å². The van der Waals surface area contributed by atoms with Gasteiger partial charge in [-0.2, -0.15) is 5.26 Å². The molecule has 0 radical (unpaired) electrons. The van der Waals surface area contributed by atoms with E-state index in [0.29, 0.717) is 44.6 Å². The van der Waals surface area contributed by atoms with E-state index in [4.69, 9.17) is 32.7 Å². The van der Waals surface area contributed by atoms with Crippen LogP contribution in [0.3, 0.4) is 0 Å². The van der Waals surface area contributed by atoms with E-state index < -0.39 is 11.9 Å². The van der Waals surface area contributed by atoms with Crippen molar-refractivity contribution in [2.24, 2.45) is 0 Å². The lowest BCUT2D eigenvalue weighted by atomic mass is 9.92. The van der Waals surface area contributed by atoms with Crippen molar-refractivity contribution < 1.29 is 19.4 Å². The normalized spacial score (nSPS) is 11.5. The van der Waals surface area contributed by atoms with E-state index >= 15 is 0 Å². The van der Waals surface area contributed by atoms with Crippen LogP contribution in [-0.4, -0.2) is 24.3 Å². The Kier molecular flexibility index (Phi) is 8.62. The SMILES string of the molecule is Cc1cc(Cl)c(OCCOc2ccc(CC(C#N)c3ccc(Br)c(C(=O)O)c3)cc2)c(Cl)c1. The number of nitriles is 1. The molecule has 0 heterocycles. The van der Waals surface area contributed by atoms with Gasteiger partial charge in [0.25, 0.3) is 0 Å². The summed E-state index contributed by atoms with van der Waals surface area (Å²) in [5.74, 6) is -0.420. The average molecular weight is 549 g/mol. The lowest BCUT2D eigenvalue weighted by molar-refractivity contribution is 0.0695. The molecule has 0 amide bonds. The minimum atomic E-state index is -1.04. The summed E-state index contributed by atoms with van der Waals surface area (Å²) in [4.78, 5) is 11.4. The Labute approximate surface area is 210 Å². The van der Waals surface area contributed by atoms with Crippen LogP contribution in [0.1, 0.15) is 33.0 Å². The van der Waals surface area contributed by atoms with Crippen LogP contribution in [0.5, 0.6) is 11.5 Å². The zero-order valence-corrected chi connectivity index (χ0v) is 20.7. The number of aromatic carboxylic acids is 1. The number of carboxylic acids is 1. The third-order valence-electron chi connectivity index (χ3n) is 4.88. The van der Waals surface area contributed by atoms with Crippen LogP contribution >= 0.6 is 39.1 Å². The molecule has 0 aromatic heterocycles. The van der Waals surface area contributed by atoms with Crippen LogP contribution in [0.4, 0.5) is 0 Å². The van der Waals surface area contributed by atoms with Gasteiger partial charge >= 0.3 is 5.97 Å². The van der Waals surface area contributed by atoms with Crippen LogP contribution in [0.2, 0.25) is 10.0 Å². The molecule has 0 fully saturated rings. The smallest absolute Gasteiger partial charge is 0.336 e. The summed E-state index contributed by atoms with van der Waals surface area (Å²) < 4.78 is 11.8. The van der Waals surface area contributed by atoms with E-state index in [1.54, 1.807) is 24.3 Å². The highest BCUT2D eigenvalue weighted by atomic mass is 79.9. The highest BCUT2D eigenvalue weighted by Crippen LogP contribution is 2.34. The maximum Gasteiger partial charge on any atom is 0.336 e. The van der Waals surface area contributed by atoms with Crippen LogP contribution in [0.15, 0.2) is 59.1 Å². The highest BCUT2D eigenvalue weighted by molar-refractivity contribution is 9.10. The third kappa shape index (κ3) is 6.64. The molecular weight excluding hydrogens is 529 g/mol. The summed E-state index contributed by atoms with van der Waals surface area (Å²) in [5.41, 5.74) is 2.67. The van der Waals surface area contributed by atoms with E-state index in [1.165, 1.54) is 6.07 Å². The lowest BCUT2D eigenvalue weighted by Crippen LogP contribution is -2.09. The van der Waals surface area contributed by atoms with Crippen molar-refractivity contribution in [3.63, 3.8) is 0 Å². The maximum absolute atomic E-state index is 11.4. The second-order valence-corrected chi connectivity index (χ2v) is 9.00. The molecule has 5 nitrogen and oxygen atoms in total. The second kappa shape index (κ2) is 11.4. The molecule has 0 saturated carbocycles. The fourth-order valence-corrected chi connectivity index (χ4v) is 4.37. The molecule has 0 bridgehead atoms. The summed E-state index contributed by atoms with van der Waals surface area (Å²) in [6, 6.07) is 18.2. The Morgan fingerprint density at radius 1 is 1.06 bits per heavy atom. The third-order valence-corrected chi connectivity index (χ3v) is 6.14. The summed E-state index contributed by atoms with van der Waals surface area (Å²) in [6.45, 7) is 2.48. The van der Waals surface area contributed by atoms with Crippen molar-refractivity contribution in [3.8, 4) is 17.6 Å². The van der Waals surface area contributed by atoms with Gasteiger partial charge in [-0.15, -0.1) is 0 Å². The molecule has 0 spiro atoms. The fourth-order valence-electron chi connectivity index (χ4n) is 3.25. The number of rotatable bonds is 9. The minimum Gasteiger partial charge on any atom is -0.490 e. The predicted octanol–water partition coefficient (Wildman–Crippen LogP) is 7.07. The van der Waals surface area contributed by atoms with Crippen LogP contribution in [0, 0.1) is 18.3 Å². The van der Waals surface area contributed by atoms with Crippen LogP contribution in [0.25, 0.3) is 0 Å². The number of hydrogen-bond acceptors (Lipinski definition) is 4. The quantitative estimate of drug-likeness (QED) is 0.289. The number of aryl methyl sites for hydroxylation is 1. The summed E-state index contributed by atoms with van der Waals surface area (Å²) in [6.07, 6.45) is 0.449. The van der Waals surface area contributed by atoms with E-state index in [1.807, 2.05) is 31.2 Å². The molecule has 1 atom stereocenters. The molecular formula is C25H20BrCl2NO4. The molecule has 0 aliphatic carbocycles. The first-order valence-corrected chi connectivity index (χ1v) is 11.6. The minimum absolute atomic E-state index is 0.131. The number of benzene rings is 3. The van der Waals surface area contributed by atoms with Gasteiger partial charge in [-0.3, -0.25) is 0 Å². The molecule has 170 valence electrons. The number of carbonyl (C=O) groups is 1. The topological polar surface area (TPSA) is 79.5 Å². The monoisotopic (exact) mass is 547 g/mol. The lowest BCUT2D eigenvalue weighted by Gasteiger charge is -2.13. The van der Waals surface area contributed by atoms with Gasteiger partial charge in [-0.25, -0.2) is 4.79 Å². The Balaban J connectivity index is 1.56. The highest BCUT2D eigenvalue weighted by Gasteiger charge is 2.16. The molecule has 3 rings (SSSR count). The summed E-state index contributed by atoms with van der Waals surface area (Å²) >= 11 is 15.6. The fraction of sp³-hybridized carbons (Fsp3) is 0.200. The van der Waals surface area contributed by atoms with Gasteiger partial charge in [-0.05, 0) is 82.4 Å². The zero-order chi connectivity index (χ0) is 24.0. The molecule has 33 heavy (non-hydrogen) atoms. The summed E-state index contributed by atoms with van der Waals surface area (Å²) in [5, 5.41) is 19.8. The van der Waals surface area contributed by atoms with Crippen LogP contribution in [-0.2, 0) is 6.42 Å². The van der Waals surface area contributed by atoms with Crippen molar-refractivity contribution in [1.82, 2.24) is 0 Å². The van der Waals surface area contributed by atoms with E-state index in [0.717, 1.165) is 11.1 Å². The second-order valence-electron chi connectivity index (χ2n) is 7.33. The first-order chi connectivity index (χ1) is 15.8. The average Bonchev–Trinajstić information content (AvgIpc) is 2.77. The van der Waals surface area contributed by atoms with Crippen molar-refractivity contribution in [2.45, 2.75) is 19.3 Å². The number of hydrogen-bond donors (Lipinski definition) is 1. The molecule has 0 aliphatic heterocycles. The molecule has 3 aromatic carbocycles. The van der Waals surface area contributed by atoms with Gasteiger partial charge in [0, 0.05) is 4.47 Å². The first-order valence-electron chi connectivity index (χ1n) is 10.0.